The number of rotatable bonds is 6. The molecular weight excluding hydrogens is 386 g/mol. The summed E-state index contributed by atoms with van der Waals surface area (Å²) in [5, 5.41) is 14.3. The van der Waals surface area contributed by atoms with Crippen molar-refractivity contribution in [2.75, 3.05) is 33.3 Å². The molecule has 1 saturated heterocycles. The number of hydrogen-bond donors (Lipinski definition) is 1. The van der Waals surface area contributed by atoms with E-state index in [2.05, 4.69) is 11.9 Å². The van der Waals surface area contributed by atoms with Crippen LogP contribution in [0.2, 0.25) is 0 Å². The molecule has 2 fully saturated rings. The second-order valence-electron chi connectivity index (χ2n) is 7.66. The molecule has 8 nitrogen and oxygen atoms in total. The first kappa shape index (κ1) is 21.7. The molecule has 0 radical (unpaired) electrons. The lowest BCUT2D eigenvalue weighted by Crippen LogP contribution is -2.50. The number of hydrogen-bond acceptors (Lipinski definition) is 6. The van der Waals surface area contributed by atoms with Crippen molar-refractivity contribution < 1.29 is 19.2 Å². The van der Waals surface area contributed by atoms with Crippen molar-refractivity contribution in [1.29, 1.82) is 0 Å². The zero-order chi connectivity index (χ0) is 21.7. The maximum atomic E-state index is 13.4. The Hall–Kier alpha value is -3.00. The summed E-state index contributed by atoms with van der Waals surface area (Å²) in [6.07, 6.45) is 6.00. The Labute approximate surface area is 175 Å². The van der Waals surface area contributed by atoms with Gasteiger partial charge in [0.05, 0.1) is 23.9 Å². The van der Waals surface area contributed by atoms with Crippen molar-refractivity contribution >= 4 is 23.6 Å². The largest absolute Gasteiger partial charge is 0.469 e. The number of benzene rings is 1. The molecule has 30 heavy (non-hydrogen) atoms. The first-order valence-electron chi connectivity index (χ1n) is 10.1. The van der Waals surface area contributed by atoms with E-state index in [1.807, 2.05) is 6.08 Å². The number of piperazine rings is 1. The molecule has 0 aromatic heterocycles. The van der Waals surface area contributed by atoms with E-state index in [1.165, 1.54) is 19.2 Å². The van der Waals surface area contributed by atoms with E-state index in [4.69, 9.17) is 4.74 Å². The quantitative estimate of drug-likeness (QED) is 0.332. The second-order valence-corrected chi connectivity index (χ2v) is 7.66. The molecule has 1 aliphatic heterocycles. The van der Waals surface area contributed by atoms with Crippen molar-refractivity contribution in [1.82, 2.24) is 10.2 Å². The predicted octanol–water partition coefficient (Wildman–Crippen LogP) is 2.27. The lowest BCUT2D eigenvalue weighted by Gasteiger charge is -2.33. The lowest BCUT2D eigenvalue weighted by atomic mass is 9.85. The van der Waals surface area contributed by atoms with Crippen molar-refractivity contribution in [3.05, 3.63) is 58.7 Å². The standard InChI is InChI=1S/C22H27N3O5/c1-3-16-14-17(8-7-15-5-4-6-18(13-15)25(28)29)19(20(16)22(27)30-2)21(26)24-11-9-23-10-12-24/h3-8,13,16-17,19-20,23H,1,9-12,14H2,2H3/b8-7+/t16-,17+,19+,20-/m1/s1. The Morgan fingerprint density at radius 1 is 1.27 bits per heavy atom. The number of carbonyl (C=O) groups excluding carboxylic acids is 2. The van der Waals surface area contributed by atoms with Gasteiger partial charge in [-0.25, -0.2) is 0 Å². The van der Waals surface area contributed by atoms with Crippen LogP contribution in [0.5, 0.6) is 0 Å². The van der Waals surface area contributed by atoms with Crippen molar-refractivity contribution in [2.45, 2.75) is 6.42 Å². The van der Waals surface area contributed by atoms with Crippen LogP contribution in [0.15, 0.2) is 43.0 Å². The third-order valence-electron chi connectivity index (χ3n) is 5.96. The predicted molar refractivity (Wildman–Crippen MR) is 112 cm³/mol. The monoisotopic (exact) mass is 413 g/mol. The molecule has 8 heteroatoms. The van der Waals surface area contributed by atoms with Gasteiger partial charge in [0, 0.05) is 38.3 Å². The topological polar surface area (TPSA) is 102 Å². The summed E-state index contributed by atoms with van der Waals surface area (Å²) in [7, 11) is 1.33. The number of nitrogens with zero attached hydrogens (tertiary/aromatic N) is 2. The normalized spacial score (nSPS) is 26.5. The molecule has 160 valence electrons. The van der Waals surface area contributed by atoms with Crippen LogP contribution >= 0.6 is 0 Å². The van der Waals surface area contributed by atoms with E-state index in [0.29, 0.717) is 25.1 Å². The van der Waals surface area contributed by atoms with Gasteiger partial charge in [-0.1, -0.05) is 30.4 Å². The van der Waals surface area contributed by atoms with E-state index in [1.54, 1.807) is 29.2 Å². The molecule has 0 bridgehead atoms. The Kier molecular flexibility index (Phi) is 6.99. The lowest BCUT2D eigenvalue weighted by molar-refractivity contribution is -0.384. The summed E-state index contributed by atoms with van der Waals surface area (Å²) in [5.41, 5.74) is 0.683. The number of nitro benzene ring substituents is 1. The minimum absolute atomic E-state index is 0.00780. The smallest absolute Gasteiger partial charge is 0.310 e. The van der Waals surface area contributed by atoms with E-state index in [0.717, 1.165) is 13.1 Å². The first-order chi connectivity index (χ1) is 14.5. The molecule has 1 heterocycles. The summed E-state index contributed by atoms with van der Waals surface area (Å²) in [6.45, 7) is 6.50. The fourth-order valence-corrected chi connectivity index (χ4v) is 4.45. The van der Waals surface area contributed by atoms with Gasteiger partial charge in [0.25, 0.3) is 5.69 Å². The number of methoxy groups -OCH3 is 1. The molecule has 4 atom stereocenters. The molecule has 1 aliphatic carbocycles. The van der Waals surface area contributed by atoms with Crippen molar-refractivity contribution in [2.24, 2.45) is 23.7 Å². The Bertz CT molecular complexity index is 847. The van der Waals surface area contributed by atoms with Crippen LogP contribution in [0.4, 0.5) is 5.69 Å². The van der Waals surface area contributed by atoms with E-state index >= 15 is 0 Å². The number of nitrogens with one attached hydrogen (secondary N) is 1. The van der Waals surface area contributed by atoms with Crippen molar-refractivity contribution in [3.8, 4) is 0 Å². The number of esters is 1. The van der Waals surface area contributed by atoms with Crippen molar-refractivity contribution in [3.63, 3.8) is 0 Å². The van der Waals surface area contributed by atoms with Crippen LogP contribution in [-0.4, -0.2) is 55.0 Å². The summed E-state index contributed by atoms with van der Waals surface area (Å²) in [5.74, 6) is -1.96. The van der Waals surface area contributed by atoms with Crippen LogP contribution in [0.3, 0.4) is 0 Å². The van der Waals surface area contributed by atoms with Crippen LogP contribution in [0.25, 0.3) is 6.08 Å². The number of allylic oxidation sites excluding steroid dienone is 2. The summed E-state index contributed by atoms with van der Waals surface area (Å²) < 4.78 is 5.02. The third-order valence-corrected chi connectivity index (χ3v) is 5.96. The number of nitro groups is 1. The molecule has 3 rings (SSSR count). The van der Waals surface area contributed by atoms with E-state index < -0.39 is 22.7 Å². The molecule has 1 saturated carbocycles. The maximum absolute atomic E-state index is 13.4. The average Bonchev–Trinajstić information content (AvgIpc) is 3.16. The number of non-ortho nitro benzene ring substituents is 1. The number of amides is 1. The third kappa shape index (κ3) is 4.59. The summed E-state index contributed by atoms with van der Waals surface area (Å²) >= 11 is 0. The zero-order valence-corrected chi connectivity index (χ0v) is 17.0. The van der Waals surface area contributed by atoms with Gasteiger partial charge in [-0.2, -0.15) is 0 Å². The molecule has 2 aliphatic rings. The SMILES string of the molecule is C=C[C@@H]1C[C@H](/C=C/c2cccc([N+](=O)[O-])c2)[C@H](C(=O)N2CCNCC2)[C@@H]1C(=O)OC. The fourth-order valence-electron chi connectivity index (χ4n) is 4.45. The Morgan fingerprint density at radius 3 is 2.63 bits per heavy atom. The van der Waals surface area contributed by atoms with Crippen LogP contribution in [-0.2, 0) is 14.3 Å². The van der Waals surface area contributed by atoms with Gasteiger partial charge in [-0.05, 0) is 23.8 Å². The molecule has 1 N–H and O–H groups in total. The highest BCUT2D eigenvalue weighted by molar-refractivity contribution is 5.87. The van der Waals surface area contributed by atoms with Crippen LogP contribution < -0.4 is 5.32 Å². The number of carbonyl (C=O) groups is 2. The van der Waals surface area contributed by atoms with E-state index in [9.17, 15) is 19.7 Å². The average molecular weight is 413 g/mol. The molecule has 1 aromatic rings. The minimum Gasteiger partial charge on any atom is -0.469 e. The van der Waals surface area contributed by atoms with Gasteiger partial charge >= 0.3 is 5.97 Å². The molecule has 1 amide bonds. The molecule has 0 unspecified atom stereocenters. The fraction of sp³-hybridized carbons (Fsp3) is 0.455. The van der Waals surface area contributed by atoms with Crippen LogP contribution in [0, 0.1) is 33.8 Å². The molecule has 1 aromatic carbocycles. The van der Waals surface area contributed by atoms with Gasteiger partial charge in [0.2, 0.25) is 5.91 Å². The van der Waals surface area contributed by atoms with Crippen LogP contribution in [0.1, 0.15) is 12.0 Å². The summed E-state index contributed by atoms with van der Waals surface area (Å²) in [6, 6.07) is 6.32. The number of ether oxygens (including phenoxy) is 1. The second kappa shape index (κ2) is 9.67. The highest BCUT2D eigenvalue weighted by Crippen LogP contribution is 2.45. The highest BCUT2D eigenvalue weighted by atomic mass is 16.6. The minimum atomic E-state index is -0.588. The molecule has 0 spiro atoms. The zero-order valence-electron chi connectivity index (χ0n) is 17.0. The van der Waals surface area contributed by atoms with Gasteiger partial charge in [0.15, 0.2) is 0 Å². The van der Waals surface area contributed by atoms with Gasteiger partial charge in [-0.15, -0.1) is 6.58 Å². The first-order valence-corrected chi connectivity index (χ1v) is 10.1. The highest BCUT2D eigenvalue weighted by Gasteiger charge is 2.50. The Balaban J connectivity index is 1.90. The van der Waals surface area contributed by atoms with E-state index in [-0.39, 0.29) is 23.4 Å². The van der Waals surface area contributed by atoms with Gasteiger partial charge in [0.1, 0.15) is 0 Å². The van der Waals surface area contributed by atoms with Gasteiger partial charge < -0.3 is 15.0 Å². The Morgan fingerprint density at radius 2 is 2.00 bits per heavy atom. The van der Waals surface area contributed by atoms with Gasteiger partial charge in [-0.3, -0.25) is 19.7 Å². The molecular formula is C22H27N3O5. The summed E-state index contributed by atoms with van der Waals surface area (Å²) in [4.78, 5) is 38.3. The maximum Gasteiger partial charge on any atom is 0.310 e.